The normalized spacial score (nSPS) is 21.0. The molecule has 3 rings (SSSR count). The average Bonchev–Trinajstić information content (AvgIpc) is 3.23. The second-order valence-electron chi connectivity index (χ2n) is 6.31. The van der Waals surface area contributed by atoms with Crippen molar-refractivity contribution in [1.29, 1.82) is 0 Å². The quantitative estimate of drug-likeness (QED) is 0.773. The Morgan fingerprint density at radius 3 is 2.67 bits per heavy atom. The van der Waals surface area contributed by atoms with Gasteiger partial charge in [0.2, 0.25) is 0 Å². The molecule has 1 aromatic heterocycles. The van der Waals surface area contributed by atoms with Crippen LogP contribution in [0.15, 0.2) is 6.07 Å². The van der Waals surface area contributed by atoms with E-state index in [1.807, 2.05) is 0 Å². The maximum atomic E-state index is 12.1. The molecule has 0 bridgehead atoms. The van der Waals surface area contributed by atoms with E-state index in [0.717, 1.165) is 37.8 Å². The average molecular weight is 291 g/mol. The van der Waals surface area contributed by atoms with E-state index in [1.54, 1.807) is 6.07 Å². The van der Waals surface area contributed by atoms with Gasteiger partial charge in [-0.15, -0.1) is 0 Å². The second kappa shape index (κ2) is 5.50. The van der Waals surface area contributed by atoms with E-state index in [4.69, 9.17) is 0 Å². The number of nitrogens with zero attached hydrogens (tertiary/aromatic N) is 1. The third-order valence-corrected chi connectivity index (χ3v) is 4.70. The minimum absolute atomic E-state index is 0.187. The Morgan fingerprint density at radius 1 is 1.33 bits per heavy atom. The Hall–Kier alpha value is -1.85. The van der Waals surface area contributed by atoms with Gasteiger partial charge < -0.3 is 10.4 Å². The Balaban J connectivity index is 1.61. The summed E-state index contributed by atoms with van der Waals surface area (Å²) in [4.78, 5) is 23.7. The zero-order valence-electron chi connectivity index (χ0n) is 12.0. The Morgan fingerprint density at radius 2 is 2.05 bits per heavy atom. The predicted molar refractivity (Wildman–Crippen MR) is 76.0 cm³/mol. The molecule has 0 unspecified atom stereocenters. The van der Waals surface area contributed by atoms with Crippen LogP contribution in [0.1, 0.15) is 67.0 Å². The summed E-state index contributed by atoms with van der Waals surface area (Å²) < 4.78 is 0. The van der Waals surface area contributed by atoms with Crippen molar-refractivity contribution in [2.75, 3.05) is 6.54 Å². The van der Waals surface area contributed by atoms with Gasteiger partial charge in [-0.3, -0.25) is 14.7 Å². The standard InChI is InChI=1S/C15H21N3O3/c19-13(12-8-11(17-18-12)10-4-5-10)16-9-15(14(20)21)6-2-1-3-7-15/h8,10H,1-7,9H2,(H,16,19)(H,17,18)(H,20,21). The summed E-state index contributed by atoms with van der Waals surface area (Å²) in [5, 5.41) is 19.2. The zero-order valence-corrected chi connectivity index (χ0v) is 12.0. The lowest BCUT2D eigenvalue weighted by molar-refractivity contribution is -0.150. The van der Waals surface area contributed by atoms with Crippen LogP contribution in [-0.4, -0.2) is 33.7 Å². The summed E-state index contributed by atoms with van der Waals surface area (Å²) in [6, 6.07) is 1.78. The molecule has 0 radical (unpaired) electrons. The lowest BCUT2D eigenvalue weighted by Crippen LogP contribution is -2.44. The van der Waals surface area contributed by atoms with E-state index >= 15 is 0 Å². The molecule has 21 heavy (non-hydrogen) atoms. The topological polar surface area (TPSA) is 95.1 Å². The first kappa shape index (κ1) is 14.1. The summed E-state index contributed by atoms with van der Waals surface area (Å²) in [5.74, 6) is -0.574. The van der Waals surface area contributed by atoms with Gasteiger partial charge in [-0.05, 0) is 31.7 Å². The number of amides is 1. The van der Waals surface area contributed by atoms with Crippen molar-refractivity contribution in [3.8, 4) is 0 Å². The molecule has 2 saturated carbocycles. The molecule has 0 spiro atoms. The highest BCUT2D eigenvalue weighted by Crippen LogP contribution is 2.39. The van der Waals surface area contributed by atoms with E-state index in [-0.39, 0.29) is 12.5 Å². The fourth-order valence-corrected chi connectivity index (χ4v) is 3.09. The van der Waals surface area contributed by atoms with Gasteiger partial charge in [-0.2, -0.15) is 5.10 Å². The Bertz CT molecular complexity index is 542. The van der Waals surface area contributed by atoms with Crippen molar-refractivity contribution < 1.29 is 14.7 Å². The van der Waals surface area contributed by atoms with E-state index < -0.39 is 11.4 Å². The monoisotopic (exact) mass is 291 g/mol. The molecule has 6 heteroatoms. The summed E-state index contributed by atoms with van der Waals surface area (Å²) in [6.07, 6.45) is 6.46. The molecule has 2 aliphatic rings. The van der Waals surface area contributed by atoms with E-state index in [2.05, 4.69) is 15.5 Å². The van der Waals surface area contributed by atoms with Crippen LogP contribution < -0.4 is 5.32 Å². The maximum Gasteiger partial charge on any atom is 0.311 e. The lowest BCUT2D eigenvalue weighted by atomic mass is 9.74. The van der Waals surface area contributed by atoms with Gasteiger partial charge in [0.25, 0.3) is 5.91 Å². The molecule has 3 N–H and O–H groups in total. The number of carbonyl (C=O) groups is 2. The van der Waals surface area contributed by atoms with Gasteiger partial charge in [-0.25, -0.2) is 0 Å². The first-order valence-corrected chi connectivity index (χ1v) is 7.68. The third-order valence-electron chi connectivity index (χ3n) is 4.70. The number of carboxylic acid groups (broad SMARTS) is 1. The maximum absolute atomic E-state index is 12.1. The summed E-state index contributed by atoms with van der Waals surface area (Å²) >= 11 is 0. The molecule has 2 fully saturated rings. The number of aromatic amines is 1. The second-order valence-corrected chi connectivity index (χ2v) is 6.31. The Kier molecular flexibility index (Phi) is 3.69. The fourth-order valence-electron chi connectivity index (χ4n) is 3.09. The highest BCUT2D eigenvalue weighted by atomic mass is 16.4. The van der Waals surface area contributed by atoms with Gasteiger partial charge in [0, 0.05) is 18.2 Å². The SMILES string of the molecule is O=C(NCC1(C(=O)O)CCCCC1)c1cc(C2CC2)[nH]n1. The van der Waals surface area contributed by atoms with Gasteiger partial charge in [0.15, 0.2) is 0 Å². The molecule has 0 aromatic carbocycles. The van der Waals surface area contributed by atoms with Gasteiger partial charge in [0.05, 0.1) is 5.41 Å². The Labute approximate surface area is 123 Å². The lowest BCUT2D eigenvalue weighted by Gasteiger charge is -2.33. The van der Waals surface area contributed by atoms with Gasteiger partial charge >= 0.3 is 5.97 Å². The van der Waals surface area contributed by atoms with Crippen LogP contribution >= 0.6 is 0 Å². The largest absolute Gasteiger partial charge is 0.481 e. The molecule has 1 amide bonds. The molecular weight excluding hydrogens is 270 g/mol. The zero-order chi connectivity index (χ0) is 14.9. The van der Waals surface area contributed by atoms with Crippen molar-refractivity contribution >= 4 is 11.9 Å². The number of hydrogen-bond donors (Lipinski definition) is 3. The van der Waals surface area contributed by atoms with Crippen LogP contribution in [0.4, 0.5) is 0 Å². The van der Waals surface area contributed by atoms with Crippen LogP contribution in [0, 0.1) is 5.41 Å². The highest BCUT2D eigenvalue weighted by Gasteiger charge is 2.40. The number of aliphatic carboxylic acids is 1. The molecular formula is C15H21N3O3. The van der Waals surface area contributed by atoms with Crippen LogP contribution in [0.25, 0.3) is 0 Å². The van der Waals surface area contributed by atoms with Crippen LogP contribution in [0.5, 0.6) is 0 Å². The number of nitrogens with one attached hydrogen (secondary N) is 2. The molecule has 2 aliphatic carbocycles. The number of hydrogen-bond acceptors (Lipinski definition) is 3. The third kappa shape index (κ3) is 2.94. The number of H-pyrrole nitrogens is 1. The number of aromatic nitrogens is 2. The minimum atomic E-state index is -0.803. The van der Waals surface area contributed by atoms with E-state index in [0.29, 0.717) is 24.5 Å². The van der Waals surface area contributed by atoms with Gasteiger partial charge in [0.1, 0.15) is 5.69 Å². The molecule has 114 valence electrons. The molecule has 0 aliphatic heterocycles. The van der Waals surface area contributed by atoms with Crippen molar-refractivity contribution in [3.63, 3.8) is 0 Å². The van der Waals surface area contributed by atoms with Crippen molar-refractivity contribution in [1.82, 2.24) is 15.5 Å². The summed E-state index contributed by atoms with van der Waals surface area (Å²) in [5.41, 5.74) is 0.558. The first-order chi connectivity index (χ1) is 10.1. The molecule has 0 atom stereocenters. The molecule has 6 nitrogen and oxygen atoms in total. The fraction of sp³-hybridized carbons (Fsp3) is 0.667. The summed E-state index contributed by atoms with van der Waals surface area (Å²) in [7, 11) is 0. The summed E-state index contributed by atoms with van der Waals surface area (Å²) in [6.45, 7) is 0.187. The smallest absolute Gasteiger partial charge is 0.311 e. The van der Waals surface area contributed by atoms with E-state index in [1.165, 1.54) is 0 Å². The number of rotatable bonds is 5. The first-order valence-electron chi connectivity index (χ1n) is 7.68. The van der Waals surface area contributed by atoms with Crippen molar-refractivity contribution in [2.45, 2.75) is 50.9 Å². The van der Waals surface area contributed by atoms with Crippen LogP contribution in [0.2, 0.25) is 0 Å². The van der Waals surface area contributed by atoms with Crippen molar-refractivity contribution in [2.24, 2.45) is 5.41 Å². The van der Waals surface area contributed by atoms with Crippen LogP contribution in [-0.2, 0) is 4.79 Å². The van der Waals surface area contributed by atoms with Gasteiger partial charge in [-0.1, -0.05) is 19.3 Å². The van der Waals surface area contributed by atoms with E-state index in [9.17, 15) is 14.7 Å². The van der Waals surface area contributed by atoms with Crippen molar-refractivity contribution in [3.05, 3.63) is 17.5 Å². The molecule has 1 aromatic rings. The number of carboxylic acids is 1. The molecule has 0 saturated heterocycles. The number of carbonyl (C=O) groups excluding carboxylic acids is 1. The predicted octanol–water partition coefficient (Wildman–Crippen LogP) is 2.05. The van der Waals surface area contributed by atoms with Crippen LogP contribution in [0.3, 0.4) is 0 Å². The highest BCUT2D eigenvalue weighted by molar-refractivity contribution is 5.92. The molecule has 1 heterocycles. The minimum Gasteiger partial charge on any atom is -0.481 e.